The molecule has 0 saturated carbocycles. The number of hydrogen-bond donors (Lipinski definition) is 1. The molecule has 0 spiro atoms. The molecule has 0 aliphatic carbocycles. The Balaban J connectivity index is 1.44. The second-order valence-corrected chi connectivity index (χ2v) is 7.01. The molecule has 3 rings (SSSR count). The summed E-state index contributed by atoms with van der Waals surface area (Å²) in [5.41, 5.74) is 3.73. The van der Waals surface area contributed by atoms with Gasteiger partial charge in [0.1, 0.15) is 0 Å². The number of carbonyl (C=O) groups is 1. The lowest BCUT2D eigenvalue weighted by molar-refractivity contribution is 0.0166. The first-order valence-electron chi connectivity index (χ1n) is 9.69. The summed E-state index contributed by atoms with van der Waals surface area (Å²) in [6.45, 7) is 7.42. The highest BCUT2D eigenvalue weighted by Crippen LogP contribution is 2.16. The Hall–Kier alpha value is -2.18. The summed E-state index contributed by atoms with van der Waals surface area (Å²) in [7, 11) is 0. The Morgan fingerprint density at radius 3 is 3.04 bits per heavy atom. The van der Waals surface area contributed by atoms with Gasteiger partial charge in [-0.3, -0.25) is 9.78 Å². The van der Waals surface area contributed by atoms with Crippen LogP contribution < -0.4 is 5.32 Å². The summed E-state index contributed by atoms with van der Waals surface area (Å²) in [5.74, 6) is -0.0329. The Bertz CT molecular complexity index is 737. The van der Waals surface area contributed by atoms with Crippen molar-refractivity contribution in [1.82, 2.24) is 14.9 Å². The van der Waals surface area contributed by atoms with Gasteiger partial charge in [0.05, 0.1) is 30.5 Å². The molecule has 2 aromatic heterocycles. The van der Waals surface area contributed by atoms with Crippen molar-refractivity contribution in [3.63, 3.8) is 0 Å². The van der Waals surface area contributed by atoms with Crippen LogP contribution in [-0.2, 0) is 16.0 Å². The molecule has 2 aromatic rings. The quantitative estimate of drug-likeness (QED) is 0.689. The molecule has 1 unspecified atom stereocenters. The number of nitrogens with zero attached hydrogens (tertiary/aromatic N) is 2. The van der Waals surface area contributed by atoms with E-state index >= 15 is 0 Å². The molecule has 0 aromatic carbocycles. The molecule has 6 heteroatoms. The largest absolute Gasteiger partial charge is 0.379 e. The average molecular weight is 371 g/mol. The molecule has 1 saturated heterocycles. The third-order valence-corrected chi connectivity index (χ3v) is 4.94. The van der Waals surface area contributed by atoms with Crippen molar-refractivity contribution in [3.8, 4) is 0 Å². The first-order valence-corrected chi connectivity index (χ1v) is 9.69. The van der Waals surface area contributed by atoms with Crippen LogP contribution in [0.2, 0.25) is 0 Å². The van der Waals surface area contributed by atoms with E-state index in [1.807, 2.05) is 38.1 Å². The van der Waals surface area contributed by atoms with Gasteiger partial charge in [0, 0.05) is 37.3 Å². The third-order valence-electron chi connectivity index (χ3n) is 4.94. The van der Waals surface area contributed by atoms with Gasteiger partial charge in [-0.25, -0.2) is 0 Å². The maximum atomic E-state index is 12.5. The number of nitrogens with one attached hydrogen (secondary N) is 1. The highest BCUT2D eigenvalue weighted by molar-refractivity contribution is 5.95. The van der Waals surface area contributed by atoms with E-state index in [0.717, 1.165) is 48.5 Å². The number of ether oxygens (including phenoxy) is 2. The molecule has 1 atom stereocenters. The van der Waals surface area contributed by atoms with E-state index in [1.165, 1.54) is 0 Å². The van der Waals surface area contributed by atoms with Gasteiger partial charge in [0.25, 0.3) is 5.91 Å². The van der Waals surface area contributed by atoms with Crippen LogP contribution in [0.3, 0.4) is 0 Å². The molecule has 3 heterocycles. The topological polar surface area (TPSA) is 65.4 Å². The summed E-state index contributed by atoms with van der Waals surface area (Å²) < 4.78 is 13.3. The number of pyridine rings is 1. The zero-order valence-corrected chi connectivity index (χ0v) is 16.2. The first-order chi connectivity index (χ1) is 13.1. The van der Waals surface area contributed by atoms with Crippen LogP contribution in [0, 0.1) is 13.8 Å². The van der Waals surface area contributed by atoms with Crippen LogP contribution in [0.1, 0.15) is 46.7 Å². The van der Waals surface area contributed by atoms with Crippen molar-refractivity contribution in [2.75, 3.05) is 26.4 Å². The van der Waals surface area contributed by atoms with Gasteiger partial charge in [-0.05, 0) is 51.3 Å². The van der Waals surface area contributed by atoms with Crippen molar-refractivity contribution < 1.29 is 14.3 Å². The zero-order valence-electron chi connectivity index (χ0n) is 16.2. The molecule has 1 N–H and O–H groups in total. The molecule has 1 amide bonds. The molecular weight excluding hydrogens is 342 g/mol. The summed E-state index contributed by atoms with van der Waals surface area (Å²) in [6.07, 6.45) is 5.06. The van der Waals surface area contributed by atoms with Crippen molar-refractivity contribution in [3.05, 3.63) is 53.1 Å². The second kappa shape index (κ2) is 9.67. The smallest absolute Gasteiger partial charge is 0.253 e. The molecule has 27 heavy (non-hydrogen) atoms. The number of aromatic nitrogens is 2. The van der Waals surface area contributed by atoms with Crippen LogP contribution in [0.15, 0.2) is 30.5 Å². The predicted octanol–water partition coefficient (Wildman–Crippen LogP) is 2.86. The van der Waals surface area contributed by atoms with Crippen molar-refractivity contribution in [2.45, 2.75) is 45.8 Å². The number of rotatable bonds is 9. The number of amides is 1. The second-order valence-electron chi connectivity index (χ2n) is 7.01. The van der Waals surface area contributed by atoms with Crippen LogP contribution >= 0.6 is 0 Å². The highest BCUT2D eigenvalue weighted by atomic mass is 16.5. The molecule has 1 aliphatic rings. The van der Waals surface area contributed by atoms with Crippen molar-refractivity contribution in [1.29, 1.82) is 0 Å². The Morgan fingerprint density at radius 2 is 2.30 bits per heavy atom. The minimum absolute atomic E-state index is 0.0329. The van der Waals surface area contributed by atoms with E-state index in [0.29, 0.717) is 26.3 Å². The molecule has 1 fully saturated rings. The van der Waals surface area contributed by atoms with Gasteiger partial charge >= 0.3 is 0 Å². The summed E-state index contributed by atoms with van der Waals surface area (Å²) in [6, 6.07) is 7.82. The lowest BCUT2D eigenvalue weighted by Gasteiger charge is -2.11. The van der Waals surface area contributed by atoms with Gasteiger partial charge in [-0.15, -0.1) is 0 Å². The molecule has 146 valence electrons. The van der Waals surface area contributed by atoms with E-state index in [2.05, 4.69) is 14.9 Å². The maximum absolute atomic E-state index is 12.5. The number of carbonyl (C=O) groups excluding carboxylic acids is 1. The van der Waals surface area contributed by atoms with Gasteiger partial charge in [-0.1, -0.05) is 6.07 Å². The van der Waals surface area contributed by atoms with E-state index < -0.39 is 0 Å². The van der Waals surface area contributed by atoms with Gasteiger partial charge < -0.3 is 19.4 Å². The molecule has 0 radical (unpaired) electrons. The van der Waals surface area contributed by atoms with Crippen LogP contribution in [-0.4, -0.2) is 47.9 Å². The van der Waals surface area contributed by atoms with Crippen LogP contribution in [0.25, 0.3) is 0 Å². The Kier molecular flexibility index (Phi) is 7.01. The highest BCUT2D eigenvalue weighted by Gasteiger charge is 2.16. The minimum Gasteiger partial charge on any atom is -0.379 e. The van der Waals surface area contributed by atoms with E-state index in [1.54, 1.807) is 6.20 Å². The lowest BCUT2D eigenvalue weighted by atomic mass is 10.2. The molecule has 1 aliphatic heterocycles. The lowest BCUT2D eigenvalue weighted by Crippen LogP contribution is -2.26. The predicted molar refractivity (Wildman–Crippen MR) is 104 cm³/mol. The first kappa shape index (κ1) is 19.6. The summed E-state index contributed by atoms with van der Waals surface area (Å²) >= 11 is 0. The molecular formula is C21H29N3O3. The normalized spacial score (nSPS) is 16.6. The van der Waals surface area contributed by atoms with Crippen molar-refractivity contribution in [2.24, 2.45) is 0 Å². The summed E-state index contributed by atoms with van der Waals surface area (Å²) in [5, 5.41) is 2.99. The monoisotopic (exact) mass is 371 g/mol. The average Bonchev–Trinajstić information content (AvgIpc) is 3.29. The number of aryl methyl sites for hydroxylation is 1. The van der Waals surface area contributed by atoms with E-state index in [4.69, 9.17) is 9.47 Å². The van der Waals surface area contributed by atoms with Gasteiger partial charge in [0.2, 0.25) is 0 Å². The fourth-order valence-electron chi connectivity index (χ4n) is 3.39. The SMILES string of the molecule is Cc1cc(C(=O)NCCCOCC2CCCO2)c(C)n1Cc1ccccn1. The third kappa shape index (κ3) is 5.40. The Labute approximate surface area is 160 Å². The zero-order chi connectivity index (χ0) is 19.1. The van der Waals surface area contributed by atoms with Gasteiger partial charge in [-0.2, -0.15) is 0 Å². The maximum Gasteiger partial charge on any atom is 0.253 e. The fraction of sp³-hybridized carbons (Fsp3) is 0.524. The van der Waals surface area contributed by atoms with E-state index in [-0.39, 0.29) is 12.0 Å². The van der Waals surface area contributed by atoms with Gasteiger partial charge in [0.15, 0.2) is 0 Å². The fourth-order valence-corrected chi connectivity index (χ4v) is 3.39. The van der Waals surface area contributed by atoms with Crippen molar-refractivity contribution >= 4 is 5.91 Å². The van der Waals surface area contributed by atoms with Crippen LogP contribution in [0.4, 0.5) is 0 Å². The Morgan fingerprint density at radius 1 is 1.41 bits per heavy atom. The molecule has 0 bridgehead atoms. The molecule has 6 nitrogen and oxygen atoms in total. The standard InChI is InChI=1S/C21H29N3O3/c1-16-13-20(17(2)24(16)14-18-7-3-4-9-22-18)21(25)23-10-6-11-26-15-19-8-5-12-27-19/h3-4,7,9,13,19H,5-6,8,10-12,14-15H2,1-2H3,(H,23,25). The van der Waals surface area contributed by atoms with E-state index in [9.17, 15) is 4.79 Å². The van der Waals surface area contributed by atoms with Crippen LogP contribution in [0.5, 0.6) is 0 Å². The number of hydrogen-bond acceptors (Lipinski definition) is 4. The minimum atomic E-state index is -0.0329. The summed E-state index contributed by atoms with van der Waals surface area (Å²) in [4.78, 5) is 16.9.